The molecule has 0 radical (unpaired) electrons. The summed E-state index contributed by atoms with van der Waals surface area (Å²) in [6, 6.07) is 12.7. The highest BCUT2D eigenvalue weighted by atomic mass is 32.1. The van der Waals surface area contributed by atoms with E-state index in [1.54, 1.807) is 18.2 Å². The summed E-state index contributed by atoms with van der Waals surface area (Å²) in [4.78, 5) is 27.0. The van der Waals surface area contributed by atoms with Crippen LogP contribution >= 0.6 is 20.0 Å². The number of carbonyl (C=O) groups excluding carboxylic acids is 1. The summed E-state index contributed by atoms with van der Waals surface area (Å²) >= 11 is 5.21. The summed E-state index contributed by atoms with van der Waals surface area (Å²) in [5, 5.41) is 26.3. The van der Waals surface area contributed by atoms with Crippen molar-refractivity contribution < 1.29 is 38.1 Å². The second kappa shape index (κ2) is 13.0. The van der Waals surface area contributed by atoms with E-state index in [0.717, 1.165) is 37.5 Å². The van der Waals surface area contributed by atoms with E-state index in [9.17, 15) is 24.4 Å². The quantitative estimate of drug-likeness (QED) is 0.144. The molecule has 2 aromatic carbocycles. The van der Waals surface area contributed by atoms with Crippen LogP contribution in [-0.2, 0) is 23.4 Å². The normalized spacial score (nSPS) is 26.6. The third-order valence-corrected chi connectivity index (χ3v) is 9.72. The molecule has 5 rings (SSSR count). The largest absolute Gasteiger partial charge is 0.461 e. The van der Waals surface area contributed by atoms with Crippen LogP contribution in [-0.4, -0.2) is 62.3 Å². The topological polar surface area (TPSA) is 161 Å². The molecule has 43 heavy (non-hydrogen) atoms. The van der Waals surface area contributed by atoms with Gasteiger partial charge in [-0.3, -0.25) is 23.7 Å². The standard InChI is InChI=1S/C29H36N3O9PS/c1-18(26(35)39-20-11-4-3-5-12-20)31-42(37,41-22-14-8-10-19-9-6-7-13-21(19)22)38-17-23-25(34)29(2,36)27(40-23)32-16-15-24(33)30-28(32)43/h6-10,13-16,18,20,23,25,27,34,36H,3-5,11-12,17H2,1-2H3,(H,31,37)(H,30,33,43)/t18-,23+,25?,27+,29+,42+/m0/s1. The van der Waals surface area contributed by atoms with Crippen molar-refractivity contribution in [1.29, 1.82) is 0 Å². The number of nitrogens with zero attached hydrogens (tertiary/aromatic N) is 1. The molecule has 1 unspecified atom stereocenters. The highest BCUT2D eigenvalue weighted by Gasteiger charge is 2.54. The Labute approximate surface area is 253 Å². The number of aromatic amines is 1. The number of hydrogen-bond donors (Lipinski definition) is 4. The van der Waals surface area contributed by atoms with Gasteiger partial charge in [0, 0.05) is 17.6 Å². The van der Waals surface area contributed by atoms with Crippen molar-refractivity contribution in [3.05, 3.63) is 69.9 Å². The van der Waals surface area contributed by atoms with Gasteiger partial charge in [0.25, 0.3) is 5.56 Å². The van der Waals surface area contributed by atoms with Gasteiger partial charge in [-0.25, -0.2) is 4.57 Å². The lowest BCUT2D eigenvalue weighted by atomic mass is 9.96. The first-order chi connectivity index (χ1) is 20.5. The molecule has 0 spiro atoms. The minimum absolute atomic E-state index is 0.0246. The van der Waals surface area contributed by atoms with E-state index >= 15 is 0 Å². The fourth-order valence-corrected chi connectivity index (χ4v) is 7.17. The SMILES string of the molecule is C[C@H](N[P@@](=O)(OC[C@H]1O[C@@H](n2ccc(=O)[nH]c2=S)[C@](C)(O)C1O)Oc1cccc2ccccc12)C(=O)OC1CCCCC1. The molecule has 1 aliphatic heterocycles. The molecular weight excluding hydrogens is 597 g/mol. The van der Waals surface area contributed by atoms with E-state index < -0.39 is 56.0 Å². The number of H-pyrrole nitrogens is 1. The Kier molecular flexibility index (Phi) is 9.52. The zero-order valence-corrected chi connectivity index (χ0v) is 25.6. The highest BCUT2D eigenvalue weighted by Crippen LogP contribution is 2.48. The van der Waals surface area contributed by atoms with Gasteiger partial charge in [0.05, 0.1) is 6.61 Å². The molecule has 1 aliphatic carbocycles. The van der Waals surface area contributed by atoms with Gasteiger partial charge in [-0.2, -0.15) is 5.09 Å². The Morgan fingerprint density at radius 3 is 2.67 bits per heavy atom. The number of aromatic nitrogens is 2. The zero-order valence-electron chi connectivity index (χ0n) is 23.9. The van der Waals surface area contributed by atoms with Crippen LogP contribution in [0, 0.1) is 4.77 Å². The number of fused-ring (bicyclic) bond motifs is 1. The number of nitrogens with one attached hydrogen (secondary N) is 2. The Balaban J connectivity index is 1.37. The van der Waals surface area contributed by atoms with Crippen LogP contribution in [0.2, 0.25) is 0 Å². The van der Waals surface area contributed by atoms with Gasteiger partial charge < -0.3 is 24.2 Å². The lowest BCUT2D eigenvalue weighted by Crippen LogP contribution is -2.45. The van der Waals surface area contributed by atoms with Crippen molar-refractivity contribution in [3.8, 4) is 5.75 Å². The first-order valence-corrected chi connectivity index (χ1v) is 16.2. The predicted octanol–water partition coefficient (Wildman–Crippen LogP) is 4.13. The van der Waals surface area contributed by atoms with Gasteiger partial charge in [-0.15, -0.1) is 0 Å². The molecule has 2 heterocycles. The maximum Gasteiger partial charge on any atom is 0.459 e. The molecule has 6 atom stereocenters. The minimum Gasteiger partial charge on any atom is -0.461 e. The van der Waals surface area contributed by atoms with Gasteiger partial charge in [-0.05, 0) is 63.2 Å². The lowest BCUT2D eigenvalue weighted by Gasteiger charge is -2.28. The van der Waals surface area contributed by atoms with Gasteiger partial charge in [-0.1, -0.05) is 42.8 Å². The molecule has 0 bridgehead atoms. The van der Waals surface area contributed by atoms with Crippen LogP contribution in [0.3, 0.4) is 0 Å². The first-order valence-electron chi connectivity index (χ1n) is 14.2. The smallest absolute Gasteiger partial charge is 0.459 e. The Hall–Kier alpha value is -2.90. The van der Waals surface area contributed by atoms with E-state index in [-0.39, 0.29) is 16.6 Å². The first kappa shape index (κ1) is 31.5. The number of aliphatic hydroxyl groups is 2. The number of benzene rings is 2. The highest BCUT2D eigenvalue weighted by molar-refractivity contribution is 7.71. The summed E-state index contributed by atoms with van der Waals surface area (Å²) in [6.45, 7) is 2.36. The number of hydrogen-bond acceptors (Lipinski definition) is 10. The third-order valence-electron chi connectivity index (χ3n) is 7.78. The van der Waals surface area contributed by atoms with Crippen molar-refractivity contribution in [1.82, 2.24) is 14.6 Å². The molecule has 2 aliphatic rings. The van der Waals surface area contributed by atoms with Gasteiger partial charge >= 0.3 is 13.7 Å². The summed E-state index contributed by atoms with van der Waals surface area (Å²) in [5.74, 6) is -0.344. The summed E-state index contributed by atoms with van der Waals surface area (Å²) in [7, 11) is -4.34. The average molecular weight is 634 g/mol. The van der Waals surface area contributed by atoms with Crippen LogP contribution in [0.4, 0.5) is 0 Å². The van der Waals surface area contributed by atoms with E-state index in [1.165, 1.54) is 30.7 Å². The molecule has 4 N–H and O–H groups in total. The Morgan fingerprint density at radius 2 is 1.93 bits per heavy atom. The molecule has 1 saturated carbocycles. The molecule has 1 saturated heterocycles. The van der Waals surface area contributed by atoms with Crippen LogP contribution in [0.25, 0.3) is 10.8 Å². The zero-order chi connectivity index (χ0) is 30.8. The lowest BCUT2D eigenvalue weighted by molar-refractivity contribution is -0.152. The fraction of sp³-hybridized carbons (Fsp3) is 0.483. The number of aliphatic hydroxyl groups excluding tert-OH is 1. The number of rotatable bonds is 10. The molecule has 3 aromatic rings. The van der Waals surface area contributed by atoms with E-state index in [0.29, 0.717) is 5.39 Å². The third kappa shape index (κ3) is 7.09. The maximum absolute atomic E-state index is 14.3. The number of ether oxygens (including phenoxy) is 2. The van der Waals surface area contributed by atoms with Gasteiger partial charge in [0.2, 0.25) is 0 Å². The molecule has 2 fully saturated rings. The van der Waals surface area contributed by atoms with E-state index in [1.807, 2.05) is 24.3 Å². The number of esters is 1. The predicted molar refractivity (Wildman–Crippen MR) is 160 cm³/mol. The van der Waals surface area contributed by atoms with Crippen molar-refractivity contribution in [3.63, 3.8) is 0 Å². The monoisotopic (exact) mass is 633 g/mol. The second-order valence-electron chi connectivity index (χ2n) is 11.1. The summed E-state index contributed by atoms with van der Waals surface area (Å²) in [5.41, 5.74) is -2.30. The van der Waals surface area contributed by atoms with Crippen LogP contribution in [0.15, 0.2) is 59.5 Å². The second-order valence-corrected chi connectivity index (χ2v) is 13.2. The molecule has 12 nitrogen and oxygen atoms in total. The Morgan fingerprint density at radius 1 is 1.21 bits per heavy atom. The van der Waals surface area contributed by atoms with Crippen molar-refractivity contribution >= 4 is 36.7 Å². The van der Waals surface area contributed by atoms with Crippen LogP contribution < -0.4 is 15.2 Å². The van der Waals surface area contributed by atoms with Crippen LogP contribution in [0.5, 0.6) is 5.75 Å². The van der Waals surface area contributed by atoms with Gasteiger partial charge in [0.1, 0.15) is 35.7 Å². The maximum atomic E-state index is 14.3. The Bertz CT molecular complexity index is 1610. The molecule has 14 heteroatoms. The van der Waals surface area contributed by atoms with Crippen molar-refractivity contribution in [2.75, 3.05) is 6.61 Å². The molecule has 232 valence electrons. The van der Waals surface area contributed by atoms with E-state index in [4.69, 9.17) is 30.7 Å². The van der Waals surface area contributed by atoms with Crippen molar-refractivity contribution in [2.45, 2.75) is 82.1 Å². The summed E-state index contributed by atoms with van der Waals surface area (Å²) in [6.07, 6.45) is 1.84. The summed E-state index contributed by atoms with van der Waals surface area (Å²) < 4.78 is 38.9. The molecular formula is C29H36N3O9PS. The van der Waals surface area contributed by atoms with Gasteiger partial charge in [0.15, 0.2) is 11.0 Å². The molecule has 1 aromatic heterocycles. The van der Waals surface area contributed by atoms with E-state index in [2.05, 4.69) is 10.1 Å². The molecule has 0 amide bonds. The minimum atomic E-state index is -4.34. The number of carbonyl (C=O) groups is 1. The fourth-order valence-electron chi connectivity index (χ4n) is 5.40. The van der Waals surface area contributed by atoms with Crippen LogP contribution in [0.1, 0.15) is 52.2 Å². The van der Waals surface area contributed by atoms with Crippen molar-refractivity contribution in [2.24, 2.45) is 0 Å². The average Bonchev–Trinajstić information content (AvgIpc) is 3.20.